The average molecular weight is 279 g/mol. The quantitative estimate of drug-likeness (QED) is 0.866. The number of benzene rings is 1. The van der Waals surface area contributed by atoms with Crippen LogP contribution in [-0.4, -0.2) is 24.7 Å². The number of amides is 1. The third-order valence-corrected chi connectivity index (χ3v) is 2.51. The molecule has 0 unspecified atom stereocenters. The molecular weight excluding hydrogens is 254 g/mol. The molecular formula is C16H25NO3. The van der Waals surface area contributed by atoms with Crippen molar-refractivity contribution in [3.05, 3.63) is 23.8 Å². The molecule has 0 fully saturated rings. The predicted molar refractivity (Wildman–Crippen MR) is 81.3 cm³/mol. The second kappa shape index (κ2) is 7.29. The van der Waals surface area contributed by atoms with Gasteiger partial charge in [-0.15, -0.1) is 0 Å². The Morgan fingerprint density at radius 3 is 2.60 bits per heavy atom. The lowest BCUT2D eigenvalue weighted by molar-refractivity contribution is -0.125. The van der Waals surface area contributed by atoms with E-state index in [-0.39, 0.29) is 18.1 Å². The van der Waals surface area contributed by atoms with Crippen molar-refractivity contribution in [2.24, 2.45) is 0 Å². The highest BCUT2D eigenvalue weighted by atomic mass is 16.5. The Balaban J connectivity index is 2.68. The zero-order chi connectivity index (χ0) is 15.2. The molecule has 1 rings (SSSR count). The van der Waals surface area contributed by atoms with Gasteiger partial charge in [-0.25, -0.2) is 0 Å². The van der Waals surface area contributed by atoms with Gasteiger partial charge in [0.25, 0.3) is 0 Å². The van der Waals surface area contributed by atoms with E-state index >= 15 is 0 Å². The van der Waals surface area contributed by atoms with Gasteiger partial charge in [-0.2, -0.15) is 0 Å². The maximum absolute atomic E-state index is 11.9. The molecule has 0 heterocycles. The van der Waals surface area contributed by atoms with E-state index in [0.717, 1.165) is 12.0 Å². The van der Waals surface area contributed by atoms with Gasteiger partial charge < -0.3 is 14.8 Å². The van der Waals surface area contributed by atoms with E-state index in [1.807, 2.05) is 52.8 Å². The molecule has 0 saturated heterocycles. The van der Waals surface area contributed by atoms with Crippen LogP contribution in [0.25, 0.3) is 0 Å². The van der Waals surface area contributed by atoms with Crippen LogP contribution in [0.4, 0.5) is 5.69 Å². The van der Waals surface area contributed by atoms with E-state index in [4.69, 9.17) is 9.47 Å². The van der Waals surface area contributed by atoms with Gasteiger partial charge in [-0.05, 0) is 51.8 Å². The number of carbonyl (C=O) groups excluding carboxylic acids is 1. The number of rotatable bonds is 6. The minimum absolute atomic E-state index is 0.0323. The van der Waals surface area contributed by atoms with Crippen molar-refractivity contribution in [3.8, 4) is 5.75 Å². The zero-order valence-corrected chi connectivity index (χ0v) is 13.1. The Kier molecular flexibility index (Phi) is 6.02. The van der Waals surface area contributed by atoms with Crippen molar-refractivity contribution in [1.82, 2.24) is 0 Å². The zero-order valence-electron chi connectivity index (χ0n) is 13.1. The van der Waals surface area contributed by atoms with Gasteiger partial charge in [0, 0.05) is 0 Å². The van der Waals surface area contributed by atoms with E-state index in [1.165, 1.54) is 0 Å². The fourth-order valence-electron chi connectivity index (χ4n) is 1.53. The second-order valence-electron chi connectivity index (χ2n) is 5.80. The van der Waals surface area contributed by atoms with Crippen LogP contribution in [0.5, 0.6) is 5.75 Å². The van der Waals surface area contributed by atoms with Crippen molar-refractivity contribution in [2.75, 3.05) is 18.5 Å². The first-order valence-corrected chi connectivity index (χ1v) is 6.99. The highest BCUT2D eigenvalue weighted by Gasteiger charge is 2.14. The number of carbonyl (C=O) groups is 1. The third-order valence-electron chi connectivity index (χ3n) is 2.51. The largest absolute Gasteiger partial charge is 0.491 e. The molecule has 1 aromatic carbocycles. The van der Waals surface area contributed by atoms with Crippen LogP contribution in [0.1, 0.15) is 39.7 Å². The van der Waals surface area contributed by atoms with Crippen molar-refractivity contribution in [1.29, 1.82) is 0 Å². The van der Waals surface area contributed by atoms with Gasteiger partial charge in [-0.1, -0.05) is 13.0 Å². The first-order chi connectivity index (χ1) is 9.31. The molecule has 0 aliphatic heterocycles. The minimum atomic E-state index is -0.327. The van der Waals surface area contributed by atoms with Crippen LogP contribution in [0.2, 0.25) is 0 Å². The predicted octanol–water partition coefficient (Wildman–Crippen LogP) is 3.54. The average Bonchev–Trinajstić information content (AvgIpc) is 2.36. The molecule has 4 heteroatoms. The molecule has 0 bridgehead atoms. The molecule has 0 aromatic heterocycles. The first kappa shape index (κ1) is 16.5. The number of anilines is 1. The smallest absolute Gasteiger partial charge is 0.250 e. The van der Waals surface area contributed by atoms with Crippen LogP contribution in [0.3, 0.4) is 0 Å². The molecule has 4 nitrogen and oxygen atoms in total. The lowest BCUT2D eigenvalue weighted by atomic mass is 10.2. The molecule has 1 N–H and O–H groups in total. The van der Waals surface area contributed by atoms with Crippen molar-refractivity contribution in [3.63, 3.8) is 0 Å². The summed E-state index contributed by atoms with van der Waals surface area (Å²) in [5.74, 6) is 0.529. The SMILES string of the molecule is CCCOc1cc(C)ccc1NC(=O)COC(C)(C)C. The van der Waals surface area contributed by atoms with Gasteiger partial charge in [0.1, 0.15) is 12.4 Å². The Morgan fingerprint density at radius 1 is 1.30 bits per heavy atom. The number of hydrogen-bond acceptors (Lipinski definition) is 3. The summed E-state index contributed by atoms with van der Waals surface area (Å²) in [6.07, 6.45) is 0.925. The highest BCUT2D eigenvalue weighted by molar-refractivity contribution is 5.93. The standard InChI is InChI=1S/C16H25NO3/c1-6-9-19-14-10-12(2)7-8-13(14)17-15(18)11-20-16(3,4)5/h7-8,10H,6,9,11H2,1-5H3,(H,17,18). The number of nitrogens with one attached hydrogen (secondary N) is 1. The fourth-order valence-corrected chi connectivity index (χ4v) is 1.53. The van der Waals surface area contributed by atoms with Crippen LogP contribution in [-0.2, 0) is 9.53 Å². The van der Waals surface area contributed by atoms with E-state index < -0.39 is 0 Å². The van der Waals surface area contributed by atoms with Gasteiger partial charge in [0.15, 0.2) is 0 Å². The Labute approximate surface area is 121 Å². The maximum Gasteiger partial charge on any atom is 0.250 e. The monoisotopic (exact) mass is 279 g/mol. The molecule has 0 aliphatic carbocycles. The number of hydrogen-bond donors (Lipinski definition) is 1. The molecule has 1 amide bonds. The summed E-state index contributed by atoms with van der Waals surface area (Å²) >= 11 is 0. The van der Waals surface area contributed by atoms with Gasteiger partial charge >= 0.3 is 0 Å². The second-order valence-corrected chi connectivity index (χ2v) is 5.80. The molecule has 0 spiro atoms. The van der Waals surface area contributed by atoms with E-state index in [1.54, 1.807) is 0 Å². The van der Waals surface area contributed by atoms with Crippen LogP contribution in [0.15, 0.2) is 18.2 Å². The van der Waals surface area contributed by atoms with Gasteiger partial charge in [0.2, 0.25) is 5.91 Å². The summed E-state index contributed by atoms with van der Waals surface area (Å²) in [4.78, 5) is 11.9. The fraction of sp³-hybridized carbons (Fsp3) is 0.562. The molecule has 0 atom stereocenters. The molecule has 112 valence electrons. The van der Waals surface area contributed by atoms with E-state index in [9.17, 15) is 4.79 Å². The maximum atomic E-state index is 11.9. The molecule has 1 aromatic rings. The molecule has 0 saturated carbocycles. The van der Waals surface area contributed by atoms with Crippen LogP contribution < -0.4 is 10.1 Å². The lowest BCUT2D eigenvalue weighted by Crippen LogP contribution is -2.27. The molecule has 20 heavy (non-hydrogen) atoms. The number of ether oxygens (including phenoxy) is 2. The number of aryl methyl sites for hydroxylation is 1. The van der Waals surface area contributed by atoms with Crippen molar-refractivity contribution >= 4 is 11.6 Å². The first-order valence-electron chi connectivity index (χ1n) is 6.99. The summed E-state index contributed by atoms with van der Waals surface area (Å²) in [5, 5.41) is 2.83. The van der Waals surface area contributed by atoms with E-state index in [2.05, 4.69) is 5.32 Å². The third kappa shape index (κ3) is 6.06. The normalized spacial score (nSPS) is 11.2. The lowest BCUT2D eigenvalue weighted by Gasteiger charge is -2.19. The Bertz CT molecular complexity index is 450. The summed E-state index contributed by atoms with van der Waals surface area (Å²) in [5.41, 5.74) is 1.46. The molecule has 0 aliphatic rings. The topological polar surface area (TPSA) is 47.6 Å². The summed E-state index contributed by atoms with van der Waals surface area (Å²) in [6.45, 7) is 10.5. The van der Waals surface area contributed by atoms with Gasteiger partial charge in [-0.3, -0.25) is 4.79 Å². The Hall–Kier alpha value is -1.55. The summed E-state index contributed by atoms with van der Waals surface area (Å²) in [7, 11) is 0. The molecule has 0 radical (unpaired) electrons. The minimum Gasteiger partial charge on any atom is -0.491 e. The summed E-state index contributed by atoms with van der Waals surface area (Å²) < 4.78 is 11.1. The van der Waals surface area contributed by atoms with Crippen LogP contribution in [0, 0.1) is 6.92 Å². The highest BCUT2D eigenvalue weighted by Crippen LogP contribution is 2.26. The van der Waals surface area contributed by atoms with Crippen LogP contribution >= 0.6 is 0 Å². The Morgan fingerprint density at radius 2 is 2.00 bits per heavy atom. The van der Waals surface area contributed by atoms with Crippen molar-refractivity contribution in [2.45, 2.75) is 46.6 Å². The van der Waals surface area contributed by atoms with E-state index in [0.29, 0.717) is 18.0 Å². The van der Waals surface area contributed by atoms with Gasteiger partial charge in [0.05, 0.1) is 17.9 Å². The summed E-state index contributed by atoms with van der Waals surface area (Å²) in [6, 6.07) is 5.73. The van der Waals surface area contributed by atoms with Crippen molar-refractivity contribution < 1.29 is 14.3 Å².